The summed E-state index contributed by atoms with van der Waals surface area (Å²) in [6.07, 6.45) is 2.10. The highest BCUT2D eigenvalue weighted by Gasteiger charge is 2.49. The molecule has 364 valence electrons. The van der Waals surface area contributed by atoms with Gasteiger partial charge in [-0.2, -0.15) is 5.10 Å². The van der Waals surface area contributed by atoms with E-state index in [-0.39, 0.29) is 43.0 Å². The van der Waals surface area contributed by atoms with E-state index in [2.05, 4.69) is 10.4 Å². The Morgan fingerprint density at radius 2 is 1.64 bits per heavy atom. The predicted octanol–water partition coefficient (Wildman–Crippen LogP) is 5.68. The van der Waals surface area contributed by atoms with Crippen LogP contribution in [-0.4, -0.2) is 147 Å². The van der Waals surface area contributed by atoms with Crippen molar-refractivity contribution in [3.63, 3.8) is 0 Å². The molecule has 5 heterocycles. The Labute approximate surface area is 398 Å². The van der Waals surface area contributed by atoms with Gasteiger partial charge in [-0.05, 0) is 79.4 Å². The Kier molecular flexibility index (Phi) is 13.1. The number of benzene rings is 4. The normalized spacial score (nSPS) is 19.5. The lowest BCUT2D eigenvalue weighted by molar-refractivity contribution is -0.127. The van der Waals surface area contributed by atoms with Crippen LogP contribution in [0.4, 0.5) is 25.1 Å². The number of alkyl halides is 2. The fourth-order valence-electron chi connectivity index (χ4n) is 9.92. The zero-order chi connectivity index (χ0) is 48.8. The summed E-state index contributed by atoms with van der Waals surface area (Å²) in [5, 5.41) is 7.59. The highest BCUT2D eigenvalue weighted by atomic mass is 32.2. The molecule has 69 heavy (non-hydrogen) atoms. The SMILES string of the molecule is CCOc1cc([C@@H](CS(C)(=O)=O)N2C(=O)c3cccc(N4CCN([C@@H]5CCN(CCc6ccc(Oc7ccc8c(N9CCC(=O)NC9=O)nn(C)c8c7)cc6)CC5(F)F)CC4)c3C2=O)ccc1OC. The van der Waals surface area contributed by atoms with E-state index in [0.717, 1.165) is 27.6 Å². The number of carbonyl (C=O) groups excluding carboxylic acids is 4. The van der Waals surface area contributed by atoms with Crippen LogP contribution >= 0.6 is 0 Å². The van der Waals surface area contributed by atoms with Gasteiger partial charge in [-0.25, -0.2) is 22.0 Å². The summed E-state index contributed by atoms with van der Waals surface area (Å²) in [6.45, 7) is 4.27. The number of sulfone groups is 1. The van der Waals surface area contributed by atoms with Crippen LogP contribution in [0, 0.1) is 0 Å². The number of ether oxygens (including phenoxy) is 3. The van der Waals surface area contributed by atoms with E-state index in [9.17, 15) is 27.6 Å². The second-order valence-electron chi connectivity index (χ2n) is 17.9. The average molecular weight is 969 g/mol. The number of piperidine rings is 1. The van der Waals surface area contributed by atoms with Gasteiger partial charge < -0.3 is 19.1 Å². The maximum Gasteiger partial charge on any atom is 0.329 e. The van der Waals surface area contributed by atoms with Crippen molar-refractivity contribution in [1.29, 1.82) is 0 Å². The number of likely N-dealkylation sites (tertiary alicyclic amines) is 1. The number of hydrogen-bond donors (Lipinski definition) is 1. The number of urea groups is 1. The van der Waals surface area contributed by atoms with Crippen molar-refractivity contribution >= 4 is 56.0 Å². The third-order valence-corrected chi connectivity index (χ3v) is 14.2. The second kappa shape index (κ2) is 19.0. The van der Waals surface area contributed by atoms with Gasteiger partial charge in [-0.15, -0.1) is 0 Å². The molecule has 4 aliphatic heterocycles. The molecule has 4 aliphatic rings. The van der Waals surface area contributed by atoms with Crippen LogP contribution in [-0.2, 0) is 28.1 Å². The molecule has 1 N–H and O–H groups in total. The minimum absolute atomic E-state index is 0.155. The summed E-state index contributed by atoms with van der Waals surface area (Å²) in [5.74, 6) is -2.65. The van der Waals surface area contributed by atoms with Gasteiger partial charge in [0, 0.05) is 77.0 Å². The van der Waals surface area contributed by atoms with Crippen LogP contribution in [0.5, 0.6) is 23.0 Å². The molecule has 20 heteroatoms. The first-order valence-electron chi connectivity index (χ1n) is 22.9. The highest BCUT2D eigenvalue weighted by Crippen LogP contribution is 2.41. The van der Waals surface area contributed by atoms with Gasteiger partial charge in [0.25, 0.3) is 17.7 Å². The number of hydrogen-bond acceptors (Lipinski definition) is 13. The molecule has 0 saturated carbocycles. The number of fused-ring (bicyclic) bond motifs is 2. The van der Waals surface area contributed by atoms with Gasteiger partial charge in [0.2, 0.25) is 5.91 Å². The van der Waals surface area contributed by atoms with Crippen LogP contribution in [0.1, 0.15) is 57.7 Å². The van der Waals surface area contributed by atoms with Gasteiger partial charge >= 0.3 is 6.03 Å². The summed E-state index contributed by atoms with van der Waals surface area (Å²) in [5.41, 5.74) is 2.94. The number of anilines is 2. The predicted molar refractivity (Wildman–Crippen MR) is 254 cm³/mol. The van der Waals surface area contributed by atoms with E-state index < -0.39 is 51.4 Å². The highest BCUT2D eigenvalue weighted by molar-refractivity contribution is 7.90. The van der Waals surface area contributed by atoms with Crippen molar-refractivity contribution in [2.75, 3.05) is 87.9 Å². The molecular formula is C49H54F2N8O9S. The molecule has 5 amide bonds. The zero-order valence-corrected chi connectivity index (χ0v) is 39.6. The van der Waals surface area contributed by atoms with Crippen LogP contribution in [0.2, 0.25) is 0 Å². The largest absolute Gasteiger partial charge is 0.493 e. The molecule has 5 aromatic rings. The van der Waals surface area contributed by atoms with Gasteiger partial charge in [0.05, 0.1) is 60.4 Å². The smallest absolute Gasteiger partial charge is 0.329 e. The lowest BCUT2D eigenvalue weighted by atomic mass is 9.97. The number of halogens is 2. The zero-order valence-electron chi connectivity index (χ0n) is 38.8. The molecular weight excluding hydrogens is 915 g/mol. The molecule has 0 bridgehead atoms. The van der Waals surface area contributed by atoms with Crippen molar-refractivity contribution in [1.82, 2.24) is 29.8 Å². The Hall–Kier alpha value is -6.64. The Morgan fingerprint density at radius 3 is 2.33 bits per heavy atom. The Morgan fingerprint density at radius 1 is 0.884 bits per heavy atom. The van der Waals surface area contributed by atoms with Crippen molar-refractivity contribution in [2.24, 2.45) is 7.05 Å². The molecule has 2 atom stereocenters. The summed E-state index contributed by atoms with van der Waals surface area (Å²) < 4.78 is 76.5. The quantitative estimate of drug-likeness (QED) is 0.127. The molecule has 0 unspecified atom stereocenters. The second-order valence-corrected chi connectivity index (χ2v) is 20.1. The minimum atomic E-state index is -3.70. The number of aromatic nitrogens is 2. The molecule has 0 aliphatic carbocycles. The summed E-state index contributed by atoms with van der Waals surface area (Å²) in [6, 6.07) is 20.2. The maximum atomic E-state index is 16.0. The van der Waals surface area contributed by atoms with E-state index >= 15 is 8.78 Å². The van der Waals surface area contributed by atoms with E-state index in [0.29, 0.717) is 92.4 Å². The van der Waals surface area contributed by atoms with Crippen molar-refractivity contribution in [3.05, 3.63) is 101 Å². The van der Waals surface area contributed by atoms with E-state index in [4.69, 9.17) is 14.2 Å². The number of methoxy groups -OCH3 is 1. The van der Waals surface area contributed by atoms with Gasteiger partial charge in [-0.1, -0.05) is 24.3 Å². The van der Waals surface area contributed by atoms with Crippen molar-refractivity contribution in [3.8, 4) is 23.0 Å². The molecule has 3 fully saturated rings. The van der Waals surface area contributed by atoms with E-state index in [1.54, 1.807) is 61.1 Å². The third kappa shape index (κ3) is 9.69. The first kappa shape index (κ1) is 47.4. The van der Waals surface area contributed by atoms with E-state index in [1.807, 2.05) is 51.1 Å². The molecule has 1 aromatic heterocycles. The fourth-order valence-corrected chi connectivity index (χ4v) is 10.8. The first-order valence-corrected chi connectivity index (χ1v) is 25.0. The maximum absolute atomic E-state index is 16.0. The van der Waals surface area contributed by atoms with Crippen molar-refractivity contribution in [2.45, 2.75) is 44.2 Å². The number of rotatable bonds is 15. The molecule has 17 nitrogen and oxygen atoms in total. The van der Waals surface area contributed by atoms with Crippen LogP contribution in [0.25, 0.3) is 10.9 Å². The first-order chi connectivity index (χ1) is 33.0. The van der Waals surface area contributed by atoms with Crippen molar-refractivity contribution < 1.29 is 50.6 Å². The third-order valence-electron chi connectivity index (χ3n) is 13.3. The van der Waals surface area contributed by atoms with Crippen LogP contribution < -0.4 is 29.3 Å². The van der Waals surface area contributed by atoms with Gasteiger partial charge in [0.15, 0.2) is 17.3 Å². The number of imide groups is 2. The molecule has 0 spiro atoms. The lowest BCUT2D eigenvalue weighted by Gasteiger charge is -2.46. The number of piperazine rings is 1. The monoisotopic (exact) mass is 968 g/mol. The van der Waals surface area contributed by atoms with Gasteiger partial charge in [-0.3, -0.25) is 44.0 Å². The summed E-state index contributed by atoms with van der Waals surface area (Å²) in [7, 11) is -0.452. The molecule has 0 radical (unpaired) electrons. The molecule has 4 aromatic carbocycles. The number of amides is 5. The average Bonchev–Trinajstić information content (AvgIpc) is 3.78. The van der Waals surface area contributed by atoms with Crippen LogP contribution in [0.3, 0.4) is 0 Å². The lowest BCUT2D eigenvalue weighted by Crippen LogP contribution is -2.62. The molecule has 3 saturated heterocycles. The van der Waals surface area contributed by atoms with E-state index in [1.165, 1.54) is 12.0 Å². The topological polar surface area (TPSA) is 176 Å². The Bertz CT molecular complexity index is 2920. The fraction of sp³-hybridized carbons (Fsp3) is 0.408. The van der Waals surface area contributed by atoms with Gasteiger partial charge in [0.1, 0.15) is 21.3 Å². The standard InChI is InChI=1S/C49H54F2N8O9S/c1-5-67-41-27-32(11-16-40(41)66-3)39(29-69(4,64)65)59-46(61)36-7-6-8-37(44(36)47(59)62)56-23-25-57(26-24-56)42-18-21-55(30-49(42,50)51)20-17-31-9-12-33(13-10-31)68-34-14-15-35-38(28-34)54(2)53-45(35)58-22-19-43(60)52-48(58)63/h6-16,27-28,39,42H,5,17-26,29-30H2,1-4H3,(H,52,60,63)/t39-,42-/m1/s1. The summed E-state index contributed by atoms with van der Waals surface area (Å²) in [4.78, 5) is 60.5. The number of aryl methyl sites for hydroxylation is 1. The number of nitrogens with zero attached hydrogens (tertiary/aromatic N) is 7. The summed E-state index contributed by atoms with van der Waals surface area (Å²) >= 11 is 0. The number of carbonyl (C=O) groups is 4. The Balaban J connectivity index is 0.794. The number of nitrogens with one attached hydrogen (secondary N) is 1. The molecule has 9 rings (SSSR count). The minimum Gasteiger partial charge on any atom is -0.493 e. The van der Waals surface area contributed by atoms with Crippen LogP contribution in [0.15, 0.2) is 78.9 Å².